The SMILES string of the molecule is O=C(Nc1nc2n(n1)CC(N1CCCNCC1)CC2)c1ccccn1. The van der Waals surface area contributed by atoms with Crippen LogP contribution in [0.5, 0.6) is 0 Å². The fraction of sp³-hybridized carbons (Fsp3) is 0.529. The van der Waals surface area contributed by atoms with Crippen LogP contribution in [0.4, 0.5) is 5.95 Å². The van der Waals surface area contributed by atoms with Crippen molar-refractivity contribution >= 4 is 11.9 Å². The van der Waals surface area contributed by atoms with Gasteiger partial charge in [0.15, 0.2) is 0 Å². The molecular weight excluding hydrogens is 318 g/mol. The maximum Gasteiger partial charge on any atom is 0.276 e. The Labute approximate surface area is 146 Å². The van der Waals surface area contributed by atoms with Gasteiger partial charge in [0.2, 0.25) is 5.95 Å². The van der Waals surface area contributed by atoms with Gasteiger partial charge in [-0.2, -0.15) is 4.98 Å². The van der Waals surface area contributed by atoms with Gasteiger partial charge < -0.3 is 5.32 Å². The topological polar surface area (TPSA) is 88.0 Å². The van der Waals surface area contributed by atoms with Crippen LogP contribution in [0.25, 0.3) is 0 Å². The summed E-state index contributed by atoms with van der Waals surface area (Å²) in [6, 6.07) is 5.74. The maximum absolute atomic E-state index is 12.2. The molecule has 4 heterocycles. The quantitative estimate of drug-likeness (QED) is 0.847. The average Bonchev–Trinajstić information content (AvgIpc) is 2.85. The number of aromatic nitrogens is 4. The zero-order chi connectivity index (χ0) is 17.1. The molecule has 8 nitrogen and oxygen atoms in total. The molecule has 0 saturated carbocycles. The van der Waals surface area contributed by atoms with Gasteiger partial charge in [0.25, 0.3) is 5.91 Å². The lowest BCUT2D eigenvalue weighted by Gasteiger charge is -2.33. The van der Waals surface area contributed by atoms with Crippen molar-refractivity contribution in [1.29, 1.82) is 0 Å². The van der Waals surface area contributed by atoms with E-state index in [4.69, 9.17) is 0 Å². The number of carbonyl (C=O) groups excluding carboxylic acids is 1. The minimum absolute atomic E-state index is 0.279. The van der Waals surface area contributed by atoms with Gasteiger partial charge in [-0.15, -0.1) is 5.10 Å². The number of nitrogens with zero attached hydrogens (tertiary/aromatic N) is 5. The monoisotopic (exact) mass is 341 g/mol. The molecule has 1 amide bonds. The summed E-state index contributed by atoms with van der Waals surface area (Å²) < 4.78 is 1.94. The summed E-state index contributed by atoms with van der Waals surface area (Å²) in [7, 11) is 0. The third kappa shape index (κ3) is 3.69. The first-order valence-corrected chi connectivity index (χ1v) is 8.90. The van der Waals surface area contributed by atoms with Gasteiger partial charge in [0.1, 0.15) is 11.5 Å². The number of amides is 1. The van der Waals surface area contributed by atoms with Crippen LogP contribution < -0.4 is 10.6 Å². The lowest BCUT2D eigenvalue weighted by Crippen LogP contribution is -2.43. The van der Waals surface area contributed by atoms with Crippen LogP contribution in [0, 0.1) is 0 Å². The van der Waals surface area contributed by atoms with Gasteiger partial charge in [-0.05, 0) is 38.1 Å². The molecule has 132 valence electrons. The fourth-order valence-electron chi connectivity index (χ4n) is 3.54. The highest BCUT2D eigenvalue weighted by Crippen LogP contribution is 2.20. The van der Waals surface area contributed by atoms with Gasteiger partial charge >= 0.3 is 0 Å². The molecule has 1 atom stereocenters. The Balaban J connectivity index is 1.43. The Hall–Kier alpha value is -2.32. The number of rotatable bonds is 3. The molecule has 0 bridgehead atoms. The van der Waals surface area contributed by atoms with Gasteiger partial charge in [-0.25, -0.2) is 4.68 Å². The van der Waals surface area contributed by atoms with Crippen LogP contribution in [0.3, 0.4) is 0 Å². The summed E-state index contributed by atoms with van der Waals surface area (Å²) in [4.78, 5) is 23.3. The van der Waals surface area contributed by atoms with Crippen molar-refractivity contribution in [2.45, 2.75) is 31.8 Å². The summed E-state index contributed by atoms with van der Waals surface area (Å²) in [6.07, 6.45) is 4.76. The molecule has 1 unspecified atom stereocenters. The molecule has 2 aromatic rings. The number of aryl methyl sites for hydroxylation is 1. The van der Waals surface area contributed by atoms with Crippen molar-refractivity contribution in [2.75, 3.05) is 31.5 Å². The lowest BCUT2D eigenvalue weighted by atomic mass is 10.1. The van der Waals surface area contributed by atoms with Crippen molar-refractivity contribution < 1.29 is 4.79 Å². The third-order valence-corrected chi connectivity index (χ3v) is 4.85. The molecule has 1 saturated heterocycles. The molecule has 4 rings (SSSR count). The fourth-order valence-corrected chi connectivity index (χ4v) is 3.54. The highest BCUT2D eigenvalue weighted by molar-refractivity contribution is 6.01. The second-order valence-electron chi connectivity index (χ2n) is 6.53. The minimum Gasteiger partial charge on any atom is -0.315 e. The zero-order valence-corrected chi connectivity index (χ0v) is 14.2. The number of carbonyl (C=O) groups is 1. The lowest BCUT2D eigenvalue weighted by molar-refractivity contribution is 0.102. The molecule has 25 heavy (non-hydrogen) atoms. The van der Waals surface area contributed by atoms with Crippen molar-refractivity contribution in [3.05, 3.63) is 35.9 Å². The van der Waals surface area contributed by atoms with Gasteiger partial charge in [0, 0.05) is 31.7 Å². The summed E-state index contributed by atoms with van der Waals surface area (Å²) in [5.74, 6) is 1.03. The number of hydrogen-bond donors (Lipinski definition) is 2. The van der Waals surface area contributed by atoms with E-state index in [1.165, 1.54) is 6.42 Å². The van der Waals surface area contributed by atoms with Gasteiger partial charge in [-0.3, -0.25) is 20.0 Å². The normalized spacial score (nSPS) is 21.4. The van der Waals surface area contributed by atoms with Gasteiger partial charge in [-0.1, -0.05) is 6.07 Å². The van der Waals surface area contributed by atoms with E-state index >= 15 is 0 Å². The first-order valence-electron chi connectivity index (χ1n) is 8.90. The summed E-state index contributed by atoms with van der Waals surface area (Å²) >= 11 is 0. The predicted molar refractivity (Wildman–Crippen MR) is 93.4 cm³/mol. The molecule has 8 heteroatoms. The minimum atomic E-state index is -0.279. The van der Waals surface area contributed by atoms with Crippen LogP contribution in [0.1, 0.15) is 29.2 Å². The second kappa shape index (κ2) is 7.28. The van der Waals surface area contributed by atoms with E-state index < -0.39 is 0 Å². The van der Waals surface area contributed by atoms with E-state index in [2.05, 4.69) is 30.6 Å². The Morgan fingerprint density at radius 1 is 1.28 bits per heavy atom. The first kappa shape index (κ1) is 16.2. The maximum atomic E-state index is 12.2. The number of hydrogen-bond acceptors (Lipinski definition) is 6. The molecule has 2 aliphatic rings. The smallest absolute Gasteiger partial charge is 0.276 e. The molecule has 2 N–H and O–H groups in total. The van der Waals surface area contributed by atoms with Crippen LogP contribution in [0.15, 0.2) is 24.4 Å². The number of pyridine rings is 1. The van der Waals surface area contributed by atoms with Crippen molar-refractivity contribution in [2.24, 2.45) is 0 Å². The Morgan fingerprint density at radius 2 is 2.24 bits per heavy atom. The van der Waals surface area contributed by atoms with Crippen LogP contribution in [-0.2, 0) is 13.0 Å². The second-order valence-corrected chi connectivity index (χ2v) is 6.53. The first-order chi connectivity index (χ1) is 12.3. The van der Waals surface area contributed by atoms with Crippen LogP contribution >= 0.6 is 0 Å². The van der Waals surface area contributed by atoms with Crippen molar-refractivity contribution in [3.63, 3.8) is 0 Å². The van der Waals surface area contributed by atoms with Crippen molar-refractivity contribution in [1.82, 2.24) is 30.0 Å². The third-order valence-electron chi connectivity index (χ3n) is 4.85. The van der Waals surface area contributed by atoms with Gasteiger partial charge in [0.05, 0.1) is 6.54 Å². The Morgan fingerprint density at radius 3 is 3.12 bits per heavy atom. The largest absolute Gasteiger partial charge is 0.315 e. The van der Waals surface area contributed by atoms with E-state index in [1.54, 1.807) is 24.4 Å². The standard InChI is InChI=1S/C17H23N7O/c25-16(14-4-1-2-8-19-14)21-17-20-15-6-5-13(12-24(15)22-17)23-10-3-7-18-9-11-23/h1-2,4,8,13,18H,3,5-7,9-12H2,(H,21,22,25). The van der Waals surface area contributed by atoms with Crippen molar-refractivity contribution in [3.8, 4) is 0 Å². The Bertz CT molecular complexity index is 722. The van der Waals surface area contributed by atoms with E-state index in [0.29, 0.717) is 17.7 Å². The highest BCUT2D eigenvalue weighted by Gasteiger charge is 2.27. The number of fused-ring (bicyclic) bond motifs is 1. The average molecular weight is 341 g/mol. The molecule has 2 aromatic heterocycles. The van der Waals surface area contributed by atoms with E-state index in [-0.39, 0.29) is 5.91 Å². The number of anilines is 1. The Kier molecular flexibility index (Phi) is 4.71. The summed E-state index contributed by atoms with van der Waals surface area (Å²) in [6.45, 7) is 5.19. The van der Waals surface area contributed by atoms with Crippen LogP contribution in [0.2, 0.25) is 0 Å². The molecular formula is C17H23N7O. The molecule has 0 aromatic carbocycles. The summed E-state index contributed by atoms with van der Waals surface area (Å²) in [5, 5.41) is 10.7. The molecule has 0 spiro atoms. The van der Waals surface area contributed by atoms with E-state index in [9.17, 15) is 4.79 Å². The zero-order valence-electron chi connectivity index (χ0n) is 14.2. The molecule has 0 radical (unpaired) electrons. The predicted octanol–water partition coefficient (Wildman–Crippen LogP) is 0.536. The molecule has 1 fully saturated rings. The summed E-state index contributed by atoms with van der Waals surface area (Å²) in [5.41, 5.74) is 0.366. The highest BCUT2D eigenvalue weighted by atomic mass is 16.2. The number of nitrogens with one attached hydrogen (secondary N) is 2. The van der Waals surface area contributed by atoms with E-state index in [0.717, 1.165) is 51.4 Å². The molecule has 0 aliphatic carbocycles. The molecule has 2 aliphatic heterocycles. The van der Waals surface area contributed by atoms with E-state index in [1.807, 2.05) is 4.68 Å². The van der Waals surface area contributed by atoms with Crippen LogP contribution in [-0.4, -0.2) is 62.8 Å².